The topological polar surface area (TPSA) is 49.7 Å². The number of hydrogen-bond donors (Lipinski definition) is 0. The highest BCUT2D eigenvalue weighted by Crippen LogP contribution is 2.34. The highest BCUT2D eigenvalue weighted by atomic mass is 35.5. The SMILES string of the molecule is CS(=O)(=O)N1N=C(c2ccc(Cl)cc2)CC1c1ccccc1. The van der Waals surface area contributed by atoms with Crippen molar-refractivity contribution in [2.24, 2.45) is 5.10 Å². The van der Waals surface area contributed by atoms with Gasteiger partial charge in [0, 0.05) is 11.4 Å². The van der Waals surface area contributed by atoms with Gasteiger partial charge in [0.25, 0.3) is 0 Å². The highest BCUT2D eigenvalue weighted by Gasteiger charge is 2.34. The van der Waals surface area contributed by atoms with E-state index >= 15 is 0 Å². The molecule has 0 aromatic heterocycles. The Morgan fingerprint density at radius 2 is 1.73 bits per heavy atom. The minimum atomic E-state index is -3.43. The predicted octanol–water partition coefficient (Wildman–Crippen LogP) is 3.45. The molecule has 0 aliphatic carbocycles. The summed E-state index contributed by atoms with van der Waals surface area (Å²) >= 11 is 5.90. The molecule has 22 heavy (non-hydrogen) atoms. The first-order chi connectivity index (χ1) is 10.4. The van der Waals surface area contributed by atoms with Crippen molar-refractivity contribution in [2.75, 3.05) is 6.26 Å². The molecule has 1 aliphatic rings. The van der Waals surface area contributed by atoms with Crippen LogP contribution in [-0.2, 0) is 10.0 Å². The Morgan fingerprint density at radius 3 is 2.32 bits per heavy atom. The molecule has 1 heterocycles. The van der Waals surface area contributed by atoms with Crippen LogP contribution in [0.25, 0.3) is 0 Å². The third-order valence-electron chi connectivity index (χ3n) is 3.57. The van der Waals surface area contributed by atoms with E-state index in [2.05, 4.69) is 5.10 Å². The third-order valence-corrected chi connectivity index (χ3v) is 4.84. The Morgan fingerprint density at radius 1 is 1.09 bits per heavy atom. The van der Waals surface area contributed by atoms with Crippen molar-refractivity contribution in [1.29, 1.82) is 0 Å². The van der Waals surface area contributed by atoms with Crippen LogP contribution in [0.2, 0.25) is 5.02 Å². The maximum Gasteiger partial charge on any atom is 0.247 e. The predicted molar refractivity (Wildman–Crippen MR) is 88.5 cm³/mol. The Hall–Kier alpha value is -1.85. The second-order valence-corrected chi connectivity index (χ2v) is 7.50. The molecule has 0 saturated heterocycles. The summed E-state index contributed by atoms with van der Waals surface area (Å²) in [5, 5.41) is 4.98. The van der Waals surface area contributed by atoms with E-state index in [-0.39, 0.29) is 6.04 Å². The third kappa shape index (κ3) is 3.00. The molecule has 3 rings (SSSR count). The van der Waals surface area contributed by atoms with Crippen molar-refractivity contribution in [1.82, 2.24) is 4.41 Å². The van der Waals surface area contributed by atoms with Crippen molar-refractivity contribution >= 4 is 27.3 Å². The molecule has 1 unspecified atom stereocenters. The summed E-state index contributed by atoms with van der Waals surface area (Å²) in [6, 6.07) is 16.5. The van der Waals surface area contributed by atoms with Gasteiger partial charge in [-0.15, -0.1) is 0 Å². The van der Waals surface area contributed by atoms with Crippen LogP contribution >= 0.6 is 11.6 Å². The number of rotatable bonds is 3. The Balaban J connectivity index is 2.00. The molecule has 6 heteroatoms. The number of hydrazone groups is 1. The zero-order valence-corrected chi connectivity index (χ0v) is 13.6. The first-order valence-electron chi connectivity index (χ1n) is 6.83. The lowest BCUT2D eigenvalue weighted by molar-refractivity contribution is 0.375. The fraction of sp³-hybridized carbons (Fsp3) is 0.188. The van der Waals surface area contributed by atoms with E-state index in [0.717, 1.165) is 16.8 Å². The van der Waals surface area contributed by atoms with Crippen molar-refractivity contribution in [2.45, 2.75) is 12.5 Å². The van der Waals surface area contributed by atoms with Gasteiger partial charge in [0.2, 0.25) is 10.0 Å². The van der Waals surface area contributed by atoms with Gasteiger partial charge in [-0.1, -0.05) is 54.1 Å². The highest BCUT2D eigenvalue weighted by molar-refractivity contribution is 7.88. The second kappa shape index (κ2) is 5.74. The number of sulfonamides is 1. The van der Waals surface area contributed by atoms with Crippen molar-refractivity contribution < 1.29 is 8.42 Å². The van der Waals surface area contributed by atoms with Gasteiger partial charge < -0.3 is 0 Å². The summed E-state index contributed by atoms with van der Waals surface area (Å²) in [4.78, 5) is 0. The molecule has 0 spiro atoms. The van der Waals surface area contributed by atoms with Crippen LogP contribution in [0.1, 0.15) is 23.6 Å². The summed E-state index contributed by atoms with van der Waals surface area (Å²) < 4.78 is 25.3. The summed E-state index contributed by atoms with van der Waals surface area (Å²) in [5.74, 6) is 0. The van der Waals surface area contributed by atoms with Crippen LogP contribution in [0.15, 0.2) is 59.7 Å². The Bertz CT molecular complexity index is 802. The first-order valence-corrected chi connectivity index (χ1v) is 9.05. The number of halogens is 1. The average molecular weight is 335 g/mol. The maximum absolute atomic E-state index is 12.0. The molecular formula is C16H15ClN2O2S. The molecule has 2 aromatic carbocycles. The molecular weight excluding hydrogens is 320 g/mol. The van der Waals surface area contributed by atoms with Gasteiger partial charge >= 0.3 is 0 Å². The lowest BCUT2D eigenvalue weighted by atomic mass is 9.99. The minimum absolute atomic E-state index is 0.304. The van der Waals surface area contributed by atoms with Crippen molar-refractivity contribution in [3.63, 3.8) is 0 Å². The van der Waals surface area contributed by atoms with E-state index in [0.29, 0.717) is 11.4 Å². The zero-order valence-electron chi connectivity index (χ0n) is 12.0. The molecule has 0 saturated carbocycles. The van der Waals surface area contributed by atoms with E-state index < -0.39 is 10.0 Å². The van der Waals surface area contributed by atoms with Gasteiger partial charge in [-0.25, -0.2) is 8.42 Å². The summed E-state index contributed by atoms with van der Waals surface area (Å²) in [5.41, 5.74) is 2.56. The van der Waals surface area contributed by atoms with Crippen molar-refractivity contribution in [3.05, 3.63) is 70.7 Å². The number of hydrogen-bond acceptors (Lipinski definition) is 3. The van der Waals surface area contributed by atoms with Gasteiger partial charge in [0.05, 0.1) is 18.0 Å². The van der Waals surface area contributed by atoms with Crippen LogP contribution in [0, 0.1) is 0 Å². The quantitative estimate of drug-likeness (QED) is 0.863. The summed E-state index contributed by atoms with van der Waals surface area (Å²) in [6.45, 7) is 0. The number of benzene rings is 2. The summed E-state index contributed by atoms with van der Waals surface area (Å²) in [7, 11) is -3.43. The van der Waals surface area contributed by atoms with E-state index in [1.807, 2.05) is 42.5 Å². The van der Waals surface area contributed by atoms with Crippen LogP contribution in [0.5, 0.6) is 0 Å². The van der Waals surface area contributed by atoms with Crippen LogP contribution in [0.4, 0.5) is 0 Å². The van der Waals surface area contributed by atoms with E-state index in [4.69, 9.17) is 11.6 Å². The van der Waals surface area contributed by atoms with Gasteiger partial charge in [0.15, 0.2) is 0 Å². The fourth-order valence-electron chi connectivity index (χ4n) is 2.53. The molecule has 0 fully saturated rings. The molecule has 0 N–H and O–H groups in total. The normalized spacial score (nSPS) is 18.4. The minimum Gasteiger partial charge on any atom is -0.205 e. The monoisotopic (exact) mass is 334 g/mol. The lowest BCUT2D eigenvalue weighted by Gasteiger charge is -2.21. The van der Waals surface area contributed by atoms with E-state index in [1.54, 1.807) is 12.1 Å². The molecule has 2 aromatic rings. The van der Waals surface area contributed by atoms with Gasteiger partial charge in [0.1, 0.15) is 0 Å². The largest absolute Gasteiger partial charge is 0.247 e. The van der Waals surface area contributed by atoms with Gasteiger partial charge in [-0.3, -0.25) is 0 Å². The summed E-state index contributed by atoms with van der Waals surface area (Å²) in [6.07, 6.45) is 1.72. The van der Waals surface area contributed by atoms with Crippen LogP contribution < -0.4 is 0 Å². The number of nitrogens with zero attached hydrogens (tertiary/aromatic N) is 2. The lowest BCUT2D eigenvalue weighted by Crippen LogP contribution is -2.25. The molecule has 4 nitrogen and oxygen atoms in total. The zero-order chi connectivity index (χ0) is 15.7. The molecule has 114 valence electrons. The molecule has 0 amide bonds. The average Bonchev–Trinajstić information content (AvgIpc) is 2.94. The Labute approximate surface area is 135 Å². The standard InChI is InChI=1S/C16H15ClN2O2S/c1-22(20,21)19-16(13-5-3-2-4-6-13)11-15(18-19)12-7-9-14(17)10-8-12/h2-10,16H,11H2,1H3. The smallest absolute Gasteiger partial charge is 0.205 e. The van der Waals surface area contributed by atoms with Gasteiger partial charge in [-0.2, -0.15) is 9.52 Å². The fourth-order valence-corrected chi connectivity index (χ4v) is 3.57. The second-order valence-electron chi connectivity index (χ2n) is 5.22. The van der Waals surface area contributed by atoms with E-state index in [9.17, 15) is 8.42 Å². The molecule has 0 radical (unpaired) electrons. The first kappa shape index (κ1) is 15.1. The van der Waals surface area contributed by atoms with E-state index in [1.165, 1.54) is 10.7 Å². The van der Waals surface area contributed by atoms with Crippen LogP contribution in [0.3, 0.4) is 0 Å². The van der Waals surface area contributed by atoms with Crippen molar-refractivity contribution in [3.8, 4) is 0 Å². The molecule has 1 atom stereocenters. The molecule has 0 bridgehead atoms. The Kier molecular flexibility index (Phi) is 3.93. The maximum atomic E-state index is 12.0. The van der Waals surface area contributed by atoms with Crippen LogP contribution in [-0.4, -0.2) is 24.8 Å². The molecule has 1 aliphatic heterocycles. The van der Waals surface area contributed by atoms with Gasteiger partial charge in [-0.05, 0) is 23.3 Å².